The minimum absolute atomic E-state index is 0.566. The fourth-order valence-corrected chi connectivity index (χ4v) is 3.22. The summed E-state index contributed by atoms with van der Waals surface area (Å²) in [5, 5.41) is 0. The maximum atomic E-state index is 6.21. The van der Waals surface area contributed by atoms with Crippen LogP contribution in [0.1, 0.15) is 24.4 Å². The van der Waals surface area contributed by atoms with E-state index < -0.39 is 0 Å². The van der Waals surface area contributed by atoms with Crippen LogP contribution in [0.3, 0.4) is 0 Å². The Morgan fingerprint density at radius 3 is 2.71 bits per heavy atom. The highest BCUT2D eigenvalue weighted by Crippen LogP contribution is 2.42. The average molecular weight is 342 g/mol. The standard InChI is InChI=1S/C17H16BrN3/c1-10-2-7-16-15(8-10)20-17(21(16)12-4-5-12)13-6-3-11(18)9-14(13)19/h2-3,6-9,12H,4-5,19H2,1H3. The normalized spacial score (nSPS) is 14.8. The van der Waals surface area contributed by atoms with Crippen molar-refractivity contribution in [2.75, 3.05) is 5.73 Å². The number of fused-ring (bicyclic) bond motifs is 1. The van der Waals surface area contributed by atoms with E-state index in [2.05, 4.69) is 45.6 Å². The first kappa shape index (κ1) is 12.9. The number of aromatic nitrogens is 2. The van der Waals surface area contributed by atoms with Gasteiger partial charge in [0.2, 0.25) is 0 Å². The van der Waals surface area contributed by atoms with E-state index in [4.69, 9.17) is 10.7 Å². The van der Waals surface area contributed by atoms with Crippen LogP contribution in [0, 0.1) is 6.92 Å². The van der Waals surface area contributed by atoms with Crippen molar-refractivity contribution in [3.63, 3.8) is 0 Å². The second-order valence-corrected chi connectivity index (χ2v) is 6.68. The molecule has 0 radical (unpaired) electrons. The predicted octanol–water partition coefficient (Wildman–Crippen LogP) is 4.69. The Hall–Kier alpha value is -1.81. The lowest BCUT2D eigenvalue weighted by Gasteiger charge is -2.10. The highest BCUT2D eigenvalue weighted by Gasteiger charge is 2.29. The molecular formula is C17H16BrN3. The monoisotopic (exact) mass is 341 g/mol. The summed E-state index contributed by atoms with van der Waals surface area (Å²) in [5.41, 5.74) is 11.5. The maximum absolute atomic E-state index is 6.21. The highest BCUT2D eigenvalue weighted by molar-refractivity contribution is 9.10. The van der Waals surface area contributed by atoms with Crippen LogP contribution >= 0.6 is 15.9 Å². The lowest BCUT2D eigenvalue weighted by Crippen LogP contribution is -2.00. The molecule has 1 aliphatic carbocycles. The molecule has 1 saturated carbocycles. The Labute approximate surface area is 131 Å². The molecule has 0 saturated heterocycles. The summed E-state index contributed by atoms with van der Waals surface area (Å²) < 4.78 is 3.35. The first-order valence-corrected chi connectivity index (χ1v) is 7.97. The van der Waals surface area contributed by atoms with Crippen LogP contribution < -0.4 is 5.73 Å². The third-order valence-electron chi connectivity index (χ3n) is 4.01. The predicted molar refractivity (Wildman–Crippen MR) is 90.3 cm³/mol. The third kappa shape index (κ3) is 2.14. The van der Waals surface area contributed by atoms with Gasteiger partial charge in [-0.15, -0.1) is 0 Å². The number of hydrogen-bond donors (Lipinski definition) is 1. The van der Waals surface area contributed by atoms with Gasteiger partial charge in [-0.1, -0.05) is 22.0 Å². The van der Waals surface area contributed by atoms with Crippen molar-refractivity contribution in [2.45, 2.75) is 25.8 Å². The van der Waals surface area contributed by atoms with Crippen molar-refractivity contribution in [1.82, 2.24) is 9.55 Å². The fourth-order valence-electron chi connectivity index (χ4n) is 2.84. The molecule has 3 nitrogen and oxygen atoms in total. The lowest BCUT2D eigenvalue weighted by molar-refractivity contribution is 0.775. The molecule has 2 N–H and O–H groups in total. The van der Waals surface area contributed by atoms with Gasteiger partial charge in [0.25, 0.3) is 0 Å². The second kappa shape index (κ2) is 4.60. The number of rotatable bonds is 2. The molecule has 0 aliphatic heterocycles. The topological polar surface area (TPSA) is 43.8 Å². The van der Waals surface area contributed by atoms with Crippen molar-refractivity contribution in [3.8, 4) is 11.4 Å². The number of hydrogen-bond acceptors (Lipinski definition) is 2. The molecule has 1 heterocycles. The lowest BCUT2D eigenvalue weighted by atomic mass is 10.1. The summed E-state index contributed by atoms with van der Waals surface area (Å²) in [7, 11) is 0. The second-order valence-electron chi connectivity index (χ2n) is 5.76. The Kier molecular flexibility index (Phi) is 2.82. The number of nitrogen functional groups attached to an aromatic ring is 1. The van der Waals surface area contributed by atoms with E-state index in [1.54, 1.807) is 0 Å². The molecule has 0 bridgehead atoms. The van der Waals surface area contributed by atoms with Crippen molar-refractivity contribution in [1.29, 1.82) is 0 Å². The molecule has 2 aromatic carbocycles. The van der Waals surface area contributed by atoms with Crippen molar-refractivity contribution in [2.24, 2.45) is 0 Å². The Balaban J connectivity index is 2.01. The van der Waals surface area contributed by atoms with Crippen LogP contribution in [0.5, 0.6) is 0 Å². The first-order chi connectivity index (χ1) is 10.1. The van der Waals surface area contributed by atoms with E-state index in [1.807, 2.05) is 18.2 Å². The molecule has 4 rings (SSSR count). The van der Waals surface area contributed by atoms with Gasteiger partial charge in [-0.25, -0.2) is 4.98 Å². The number of aryl methyl sites for hydroxylation is 1. The molecule has 0 amide bonds. The number of nitrogens with two attached hydrogens (primary N) is 1. The largest absolute Gasteiger partial charge is 0.398 e. The zero-order valence-corrected chi connectivity index (χ0v) is 13.4. The molecule has 1 fully saturated rings. The van der Waals surface area contributed by atoms with Crippen LogP contribution in [0.2, 0.25) is 0 Å². The van der Waals surface area contributed by atoms with Crippen molar-refractivity contribution < 1.29 is 0 Å². The number of halogens is 1. The molecule has 0 unspecified atom stereocenters. The fraction of sp³-hybridized carbons (Fsp3) is 0.235. The van der Waals surface area contributed by atoms with Gasteiger partial charge < -0.3 is 10.3 Å². The van der Waals surface area contributed by atoms with E-state index in [9.17, 15) is 0 Å². The van der Waals surface area contributed by atoms with Crippen LogP contribution in [-0.4, -0.2) is 9.55 Å². The molecular weight excluding hydrogens is 326 g/mol. The minimum Gasteiger partial charge on any atom is -0.398 e. The number of benzene rings is 2. The van der Waals surface area contributed by atoms with Crippen LogP contribution in [0.4, 0.5) is 5.69 Å². The Morgan fingerprint density at radius 1 is 1.19 bits per heavy atom. The van der Waals surface area contributed by atoms with E-state index in [1.165, 1.54) is 23.9 Å². The number of imidazole rings is 1. The SMILES string of the molecule is Cc1ccc2c(c1)nc(-c1ccc(Br)cc1N)n2C1CC1. The van der Waals surface area contributed by atoms with Gasteiger partial charge >= 0.3 is 0 Å². The zero-order chi connectivity index (χ0) is 14.6. The summed E-state index contributed by atoms with van der Waals surface area (Å²) in [5.74, 6) is 0.989. The highest BCUT2D eigenvalue weighted by atomic mass is 79.9. The first-order valence-electron chi connectivity index (χ1n) is 7.17. The van der Waals surface area contributed by atoms with E-state index in [-0.39, 0.29) is 0 Å². The summed E-state index contributed by atoms with van der Waals surface area (Å²) in [6.45, 7) is 2.10. The van der Waals surface area contributed by atoms with Crippen molar-refractivity contribution in [3.05, 3.63) is 46.4 Å². The third-order valence-corrected chi connectivity index (χ3v) is 4.50. The van der Waals surface area contributed by atoms with E-state index >= 15 is 0 Å². The Bertz CT molecular complexity index is 847. The molecule has 1 aromatic heterocycles. The molecule has 0 spiro atoms. The summed E-state index contributed by atoms with van der Waals surface area (Å²) in [6, 6.07) is 13.0. The molecule has 3 aromatic rings. The molecule has 4 heteroatoms. The average Bonchev–Trinajstić information content (AvgIpc) is 3.20. The minimum atomic E-state index is 0.566. The van der Waals surface area contributed by atoms with Gasteiger partial charge in [0.15, 0.2) is 0 Å². The summed E-state index contributed by atoms with van der Waals surface area (Å²) in [4.78, 5) is 4.86. The quantitative estimate of drug-likeness (QED) is 0.687. The van der Waals surface area contributed by atoms with Gasteiger partial charge in [0.1, 0.15) is 5.82 Å². The van der Waals surface area contributed by atoms with E-state index in [0.29, 0.717) is 6.04 Å². The molecule has 106 valence electrons. The van der Waals surface area contributed by atoms with Gasteiger partial charge in [-0.2, -0.15) is 0 Å². The zero-order valence-electron chi connectivity index (χ0n) is 11.8. The Morgan fingerprint density at radius 2 is 2.00 bits per heavy atom. The van der Waals surface area contributed by atoms with Gasteiger partial charge in [-0.05, 0) is 55.7 Å². The van der Waals surface area contributed by atoms with Crippen LogP contribution in [0.15, 0.2) is 40.9 Å². The molecule has 0 atom stereocenters. The van der Waals surface area contributed by atoms with E-state index in [0.717, 1.165) is 27.1 Å². The van der Waals surface area contributed by atoms with Crippen molar-refractivity contribution >= 4 is 32.7 Å². The van der Waals surface area contributed by atoms with Gasteiger partial charge in [0.05, 0.1) is 11.0 Å². The van der Waals surface area contributed by atoms with Gasteiger partial charge in [0, 0.05) is 21.8 Å². The molecule has 21 heavy (non-hydrogen) atoms. The summed E-state index contributed by atoms with van der Waals surface area (Å²) >= 11 is 3.47. The van der Waals surface area contributed by atoms with Crippen LogP contribution in [0.25, 0.3) is 22.4 Å². The van der Waals surface area contributed by atoms with Crippen LogP contribution in [-0.2, 0) is 0 Å². The maximum Gasteiger partial charge on any atom is 0.143 e. The summed E-state index contributed by atoms with van der Waals surface area (Å²) in [6.07, 6.45) is 2.45. The molecule has 1 aliphatic rings. The smallest absolute Gasteiger partial charge is 0.143 e. The van der Waals surface area contributed by atoms with Gasteiger partial charge in [-0.3, -0.25) is 0 Å². The number of anilines is 1. The number of nitrogens with zero attached hydrogens (tertiary/aromatic N) is 2.